The van der Waals surface area contributed by atoms with Crippen molar-refractivity contribution in [2.75, 3.05) is 21.3 Å². The largest absolute Gasteiger partial charge is 0.493 e. The highest BCUT2D eigenvalue weighted by atomic mass is 16.5. The Morgan fingerprint density at radius 2 is 1.70 bits per heavy atom. The van der Waals surface area contributed by atoms with Gasteiger partial charge in [-0.25, -0.2) is 0 Å². The van der Waals surface area contributed by atoms with Crippen molar-refractivity contribution in [1.29, 1.82) is 0 Å². The lowest BCUT2D eigenvalue weighted by molar-refractivity contribution is 0.323. The highest BCUT2D eigenvalue weighted by molar-refractivity contribution is 5.54. The van der Waals surface area contributed by atoms with E-state index >= 15 is 0 Å². The number of hydrogen-bond acceptors (Lipinski definition) is 5. The molecular weight excluding hydrogens is 292 g/mol. The molecule has 1 atom stereocenters. The molecule has 0 saturated heterocycles. The molecule has 2 aromatic rings. The van der Waals surface area contributed by atoms with Gasteiger partial charge < -0.3 is 19.5 Å². The number of nitrogens with zero attached hydrogens (tertiary/aromatic N) is 1. The molecule has 0 amide bonds. The molecule has 0 aliphatic rings. The molecule has 0 bridgehead atoms. The Balaban J connectivity index is 2.16. The number of methoxy groups -OCH3 is 3. The first-order valence-corrected chi connectivity index (χ1v) is 7.53. The second-order valence-electron chi connectivity index (χ2n) is 5.39. The fraction of sp³-hybridized carbons (Fsp3) is 0.389. The van der Waals surface area contributed by atoms with E-state index < -0.39 is 0 Å². The van der Waals surface area contributed by atoms with Gasteiger partial charge >= 0.3 is 0 Å². The van der Waals surface area contributed by atoms with Gasteiger partial charge in [0.15, 0.2) is 11.5 Å². The minimum absolute atomic E-state index is 0.117. The monoisotopic (exact) mass is 316 g/mol. The van der Waals surface area contributed by atoms with Gasteiger partial charge in [-0.1, -0.05) is 0 Å². The molecular formula is C18H24N2O3. The average molecular weight is 316 g/mol. The summed E-state index contributed by atoms with van der Waals surface area (Å²) in [5, 5.41) is 3.47. The van der Waals surface area contributed by atoms with Crippen LogP contribution in [0.1, 0.15) is 29.8 Å². The molecule has 0 spiro atoms. The first-order chi connectivity index (χ1) is 11.1. The van der Waals surface area contributed by atoms with E-state index in [2.05, 4.69) is 30.2 Å². The minimum atomic E-state index is 0.117. The van der Waals surface area contributed by atoms with Crippen molar-refractivity contribution in [3.8, 4) is 17.2 Å². The zero-order chi connectivity index (χ0) is 16.8. The normalized spacial score (nSPS) is 11.9. The lowest BCUT2D eigenvalue weighted by Gasteiger charge is -2.18. The number of ether oxygens (including phenoxy) is 3. The van der Waals surface area contributed by atoms with Crippen LogP contribution in [-0.4, -0.2) is 26.3 Å². The van der Waals surface area contributed by atoms with Crippen molar-refractivity contribution in [1.82, 2.24) is 10.3 Å². The number of benzene rings is 1. The molecule has 1 N–H and O–H groups in total. The van der Waals surface area contributed by atoms with E-state index in [0.717, 1.165) is 11.3 Å². The number of rotatable bonds is 7. The van der Waals surface area contributed by atoms with Gasteiger partial charge in [0.1, 0.15) is 0 Å². The highest BCUT2D eigenvalue weighted by Gasteiger charge is 2.16. The number of aromatic nitrogens is 1. The van der Waals surface area contributed by atoms with Crippen LogP contribution in [0.5, 0.6) is 17.2 Å². The summed E-state index contributed by atoms with van der Waals surface area (Å²) < 4.78 is 16.2. The lowest BCUT2D eigenvalue weighted by Crippen LogP contribution is -2.19. The SMILES string of the molecule is COc1cc(C(C)NCc2cc(C)ccn2)cc(OC)c1OC. The van der Waals surface area contributed by atoms with E-state index in [9.17, 15) is 0 Å². The van der Waals surface area contributed by atoms with Gasteiger partial charge in [-0.15, -0.1) is 0 Å². The van der Waals surface area contributed by atoms with Gasteiger partial charge in [0.05, 0.1) is 27.0 Å². The Morgan fingerprint density at radius 1 is 1.04 bits per heavy atom. The van der Waals surface area contributed by atoms with Crippen LogP contribution in [0.15, 0.2) is 30.5 Å². The van der Waals surface area contributed by atoms with Crippen molar-refractivity contribution >= 4 is 0 Å². The van der Waals surface area contributed by atoms with Crippen LogP contribution in [0, 0.1) is 6.92 Å². The summed E-state index contributed by atoms with van der Waals surface area (Å²) in [5.74, 6) is 1.92. The Hall–Kier alpha value is -2.27. The third-order valence-corrected chi connectivity index (χ3v) is 3.75. The standard InChI is InChI=1S/C18H24N2O3/c1-12-6-7-19-15(8-12)11-20-13(2)14-9-16(21-3)18(23-5)17(10-14)22-4/h6-10,13,20H,11H2,1-5H3. The van der Waals surface area contributed by atoms with Crippen molar-refractivity contribution in [2.24, 2.45) is 0 Å². The van der Waals surface area contributed by atoms with E-state index in [-0.39, 0.29) is 6.04 Å². The van der Waals surface area contributed by atoms with Crippen LogP contribution < -0.4 is 19.5 Å². The van der Waals surface area contributed by atoms with E-state index in [1.165, 1.54) is 5.56 Å². The van der Waals surface area contributed by atoms with Crippen molar-refractivity contribution in [2.45, 2.75) is 26.4 Å². The molecule has 124 valence electrons. The maximum atomic E-state index is 5.40. The van der Waals surface area contributed by atoms with E-state index in [1.54, 1.807) is 21.3 Å². The minimum Gasteiger partial charge on any atom is -0.493 e. The Kier molecular flexibility index (Phi) is 5.82. The predicted molar refractivity (Wildman–Crippen MR) is 90.3 cm³/mol. The summed E-state index contributed by atoms with van der Waals surface area (Å²) in [4.78, 5) is 4.37. The summed E-state index contributed by atoms with van der Waals surface area (Å²) >= 11 is 0. The molecule has 0 aliphatic carbocycles. The van der Waals surface area contributed by atoms with Gasteiger partial charge in [-0.3, -0.25) is 4.98 Å². The first kappa shape index (κ1) is 17.1. The van der Waals surface area contributed by atoms with Gasteiger partial charge in [-0.2, -0.15) is 0 Å². The fourth-order valence-corrected chi connectivity index (χ4v) is 2.42. The molecule has 0 aliphatic heterocycles. The number of hydrogen-bond donors (Lipinski definition) is 1. The molecule has 5 nitrogen and oxygen atoms in total. The number of pyridine rings is 1. The zero-order valence-corrected chi connectivity index (χ0v) is 14.3. The van der Waals surface area contributed by atoms with Gasteiger partial charge in [0.25, 0.3) is 0 Å². The molecule has 1 aromatic carbocycles. The predicted octanol–water partition coefficient (Wildman–Crippen LogP) is 3.27. The first-order valence-electron chi connectivity index (χ1n) is 7.53. The maximum Gasteiger partial charge on any atom is 0.203 e. The topological polar surface area (TPSA) is 52.6 Å². The van der Waals surface area contributed by atoms with Crippen LogP contribution in [0.3, 0.4) is 0 Å². The summed E-state index contributed by atoms with van der Waals surface area (Å²) in [6.45, 7) is 4.85. The van der Waals surface area contributed by atoms with Crippen LogP contribution in [-0.2, 0) is 6.54 Å². The van der Waals surface area contributed by atoms with Gasteiger partial charge in [0.2, 0.25) is 5.75 Å². The van der Waals surface area contributed by atoms with Crippen LogP contribution >= 0.6 is 0 Å². The summed E-state index contributed by atoms with van der Waals surface area (Å²) in [6, 6.07) is 8.11. The van der Waals surface area contributed by atoms with E-state index in [0.29, 0.717) is 23.8 Å². The second kappa shape index (κ2) is 7.83. The van der Waals surface area contributed by atoms with E-state index in [1.807, 2.05) is 24.4 Å². The Bertz CT molecular complexity index is 633. The molecule has 1 unspecified atom stereocenters. The average Bonchev–Trinajstić information content (AvgIpc) is 2.58. The van der Waals surface area contributed by atoms with Gasteiger partial charge in [-0.05, 0) is 49.2 Å². The maximum absolute atomic E-state index is 5.40. The summed E-state index contributed by atoms with van der Waals surface area (Å²) in [5.41, 5.74) is 3.29. The third-order valence-electron chi connectivity index (χ3n) is 3.75. The van der Waals surface area contributed by atoms with Crippen molar-refractivity contribution in [3.63, 3.8) is 0 Å². The lowest BCUT2D eigenvalue weighted by atomic mass is 10.1. The third kappa shape index (κ3) is 4.13. The molecule has 0 fully saturated rings. The van der Waals surface area contributed by atoms with Crippen molar-refractivity contribution in [3.05, 3.63) is 47.3 Å². The molecule has 1 aromatic heterocycles. The Labute approximate surface area is 137 Å². The van der Waals surface area contributed by atoms with E-state index in [4.69, 9.17) is 14.2 Å². The molecule has 1 heterocycles. The van der Waals surface area contributed by atoms with Crippen LogP contribution in [0.25, 0.3) is 0 Å². The van der Waals surface area contributed by atoms with Gasteiger partial charge in [0, 0.05) is 18.8 Å². The second-order valence-corrected chi connectivity index (χ2v) is 5.39. The Morgan fingerprint density at radius 3 is 2.22 bits per heavy atom. The van der Waals surface area contributed by atoms with Crippen LogP contribution in [0.4, 0.5) is 0 Å². The molecule has 0 saturated carbocycles. The highest BCUT2D eigenvalue weighted by Crippen LogP contribution is 2.39. The van der Waals surface area contributed by atoms with Crippen molar-refractivity contribution < 1.29 is 14.2 Å². The number of aryl methyl sites for hydroxylation is 1. The molecule has 0 radical (unpaired) electrons. The summed E-state index contributed by atoms with van der Waals surface area (Å²) in [7, 11) is 4.84. The zero-order valence-electron chi connectivity index (χ0n) is 14.3. The molecule has 2 rings (SSSR count). The summed E-state index contributed by atoms with van der Waals surface area (Å²) in [6.07, 6.45) is 1.83. The molecule has 5 heteroatoms. The molecule has 23 heavy (non-hydrogen) atoms. The quantitative estimate of drug-likeness (QED) is 0.849. The smallest absolute Gasteiger partial charge is 0.203 e. The fourth-order valence-electron chi connectivity index (χ4n) is 2.42. The number of nitrogens with one attached hydrogen (secondary N) is 1. The van der Waals surface area contributed by atoms with Crippen LogP contribution in [0.2, 0.25) is 0 Å².